The maximum absolute atomic E-state index is 12.0. The highest BCUT2D eigenvalue weighted by atomic mass is 127. The molecular formula is C15H15IN2O2. The van der Waals surface area contributed by atoms with Crippen LogP contribution >= 0.6 is 22.6 Å². The highest BCUT2D eigenvalue weighted by molar-refractivity contribution is 14.1. The van der Waals surface area contributed by atoms with Crippen molar-refractivity contribution in [2.75, 3.05) is 11.1 Å². The number of hydrogen-bond donors (Lipinski definition) is 2. The molecule has 2 aromatic rings. The van der Waals surface area contributed by atoms with Crippen LogP contribution in [0.3, 0.4) is 0 Å². The average molecular weight is 382 g/mol. The van der Waals surface area contributed by atoms with E-state index in [1.54, 1.807) is 31.2 Å². The Kier molecular flexibility index (Phi) is 4.84. The Morgan fingerprint density at radius 3 is 2.70 bits per heavy atom. The van der Waals surface area contributed by atoms with Crippen LogP contribution in [0.5, 0.6) is 5.75 Å². The Hall–Kier alpha value is -1.76. The number of hydrogen-bond acceptors (Lipinski definition) is 3. The third-order valence-corrected chi connectivity index (χ3v) is 3.30. The third kappa shape index (κ3) is 4.12. The molecule has 1 amide bonds. The van der Waals surface area contributed by atoms with Crippen molar-refractivity contribution < 1.29 is 9.53 Å². The molecule has 3 N–H and O–H groups in total. The molecule has 1 unspecified atom stereocenters. The second kappa shape index (κ2) is 6.60. The van der Waals surface area contributed by atoms with E-state index >= 15 is 0 Å². The lowest BCUT2D eigenvalue weighted by atomic mass is 10.2. The normalized spacial score (nSPS) is 11.7. The molecule has 0 saturated heterocycles. The van der Waals surface area contributed by atoms with Crippen molar-refractivity contribution in [2.45, 2.75) is 13.0 Å². The third-order valence-electron chi connectivity index (χ3n) is 2.63. The minimum absolute atomic E-state index is 0.213. The Morgan fingerprint density at radius 2 is 2.00 bits per heavy atom. The first-order valence-electron chi connectivity index (χ1n) is 6.13. The standard InChI is InChI=1S/C15H15IN2O2/c1-10(20-14-7-2-4-11(16)8-14)15(19)18-13-6-3-5-12(17)9-13/h2-10H,17H2,1H3,(H,18,19). The van der Waals surface area contributed by atoms with Gasteiger partial charge in [0, 0.05) is 14.9 Å². The van der Waals surface area contributed by atoms with E-state index in [4.69, 9.17) is 10.5 Å². The van der Waals surface area contributed by atoms with Crippen molar-refractivity contribution in [3.63, 3.8) is 0 Å². The minimum atomic E-state index is -0.588. The summed E-state index contributed by atoms with van der Waals surface area (Å²) >= 11 is 2.20. The zero-order valence-corrected chi connectivity index (χ0v) is 13.1. The Balaban J connectivity index is 1.98. The van der Waals surface area contributed by atoms with Gasteiger partial charge in [-0.3, -0.25) is 4.79 Å². The number of carbonyl (C=O) groups is 1. The van der Waals surface area contributed by atoms with Gasteiger partial charge in [-0.1, -0.05) is 12.1 Å². The number of rotatable bonds is 4. The van der Waals surface area contributed by atoms with E-state index in [1.807, 2.05) is 24.3 Å². The summed E-state index contributed by atoms with van der Waals surface area (Å²) in [6.45, 7) is 1.71. The number of amides is 1. The number of anilines is 2. The molecule has 0 aliphatic carbocycles. The van der Waals surface area contributed by atoms with E-state index < -0.39 is 6.10 Å². The second-order valence-corrected chi connectivity index (χ2v) is 5.58. The smallest absolute Gasteiger partial charge is 0.265 e. The lowest BCUT2D eigenvalue weighted by molar-refractivity contribution is -0.122. The van der Waals surface area contributed by atoms with E-state index in [0.717, 1.165) is 3.57 Å². The number of nitrogens with two attached hydrogens (primary N) is 1. The molecule has 0 aromatic heterocycles. The van der Waals surface area contributed by atoms with Crippen LogP contribution in [0.2, 0.25) is 0 Å². The maximum Gasteiger partial charge on any atom is 0.265 e. The molecule has 4 nitrogen and oxygen atoms in total. The van der Waals surface area contributed by atoms with Gasteiger partial charge in [-0.15, -0.1) is 0 Å². The molecule has 0 radical (unpaired) electrons. The molecule has 2 rings (SSSR count). The van der Waals surface area contributed by atoms with Crippen molar-refractivity contribution in [3.05, 3.63) is 52.1 Å². The van der Waals surface area contributed by atoms with E-state index in [-0.39, 0.29) is 5.91 Å². The fraction of sp³-hybridized carbons (Fsp3) is 0.133. The van der Waals surface area contributed by atoms with Crippen LogP contribution in [0.1, 0.15) is 6.92 Å². The van der Waals surface area contributed by atoms with Crippen molar-refractivity contribution in [3.8, 4) is 5.75 Å². The molecule has 0 saturated carbocycles. The predicted octanol–water partition coefficient (Wildman–Crippen LogP) is 3.28. The van der Waals surface area contributed by atoms with Crippen molar-refractivity contribution in [1.29, 1.82) is 0 Å². The molecule has 5 heteroatoms. The fourth-order valence-corrected chi connectivity index (χ4v) is 2.17. The number of nitrogen functional groups attached to an aromatic ring is 1. The molecule has 0 bridgehead atoms. The quantitative estimate of drug-likeness (QED) is 0.630. The zero-order chi connectivity index (χ0) is 14.5. The van der Waals surface area contributed by atoms with Crippen LogP contribution in [0, 0.1) is 3.57 Å². The lowest BCUT2D eigenvalue weighted by Crippen LogP contribution is -2.30. The number of ether oxygens (including phenoxy) is 1. The summed E-state index contributed by atoms with van der Waals surface area (Å²) < 4.78 is 6.67. The van der Waals surface area contributed by atoms with Crippen molar-refractivity contribution >= 4 is 39.9 Å². The van der Waals surface area contributed by atoms with Gasteiger partial charge >= 0.3 is 0 Å². The van der Waals surface area contributed by atoms with Gasteiger partial charge in [0.25, 0.3) is 5.91 Å². The summed E-state index contributed by atoms with van der Waals surface area (Å²) in [5.74, 6) is 0.460. The summed E-state index contributed by atoms with van der Waals surface area (Å²) in [7, 11) is 0. The average Bonchev–Trinajstić information content (AvgIpc) is 2.38. The van der Waals surface area contributed by atoms with Crippen molar-refractivity contribution in [1.82, 2.24) is 0 Å². The first-order chi connectivity index (χ1) is 9.54. The van der Waals surface area contributed by atoms with Gasteiger partial charge in [0.15, 0.2) is 6.10 Å². The summed E-state index contributed by atoms with van der Waals surface area (Å²) in [5.41, 5.74) is 6.93. The van der Waals surface area contributed by atoms with Crippen LogP contribution in [0.25, 0.3) is 0 Å². The summed E-state index contributed by atoms with van der Waals surface area (Å²) in [5, 5.41) is 2.77. The Bertz CT molecular complexity index is 616. The van der Waals surface area contributed by atoms with Gasteiger partial charge < -0.3 is 15.8 Å². The first kappa shape index (κ1) is 14.6. The molecule has 0 aliphatic heterocycles. The van der Waals surface area contributed by atoms with Crippen molar-refractivity contribution in [2.24, 2.45) is 0 Å². The monoisotopic (exact) mass is 382 g/mol. The van der Waals surface area contributed by atoms with Gasteiger partial charge in [-0.2, -0.15) is 0 Å². The number of carbonyl (C=O) groups excluding carboxylic acids is 1. The highest BCUT2D eigenvalue weighted by Crippen LogP contribution is 2.17. The molecule has 2 aromatic carbocycles. The molecule has 0 spiro atoms. The second-order valence-electron chi connectivity index (χ2n) is 4.33. The summed E-state index contributed by atoms with van der Waals surface area (Å²) in [4.78, 5) is 12.0. The molecular weight excluding hydrogens is 367 g/mol. The van der Waals surface area contributed by atoms with E-state index in [9.17, 15) is 4.79 Å². The molecule has 0 fully saturated rings. The van der Waals surface area contributed by atoms with E-state index in [0.29, 0.717) is 17.1 Å². The molecule has 0 heterocycles. The van der Waals surface area contributed by atoms with Crippen LogP contribution in [-0.2, 0) is 4.79 Å². The predicted molar refractivity (Wildman–Crippen MR) is 88.7 cm³/mol. The molecule has 20 heavy (non-hydrogen) atoms. The van der Waals surface area contributed by atoms with Gasteiger partial charge in [0.05, 0.1) is 0 Å². The van der Waals surface area contributed by atoms with Crippen LogP contribution in [0.15, 0.2) is 48.5 Å². The molecule has 0 aliphatic rings. The lowest BCUT2D eigenvalue weighted by Gasteiger charge is -2.15. The maximum atomic E-state index is 12.0. The molecule has 104 valence electrons. The SMILES string of the molecule is CC(Oc1cccc(I)c1)C(=O)Nc1cccc(N)c1. The fourth-order valence-electron chi connectivity index (χ4n) is 1.66. The number of nitrogens with one attached hydrogen (secondary N) is 1. The van der Waals surface area contributed by atoms with E-state index in [1.165, 1.54) is 0 Å². The summed E-state index contributed by atoms with van der Waals surface area (Å²) in [6.07, 6.45) is -0.588. The van der Waals surface area contributed by atoms with E-state index in [2.05, 4.69) is 27.9 Å². The molecule has 1 atom stereocenters. The van der Waals surface area contributed by atoms with Crippen LogP contribution < -0.4 is 15.8 Å². The zero-order valence-electron chi connectivity index (χ0n) is 11.0. The van der Waals surface area contributed by atoms with Crippen LogP contribution in [-0.4, -0.2) is 12.0 Å². The highest BCUT2D eigenvalue weighted by Gasteiger charge is 2.15. The Labute approximate surface area is 131 Å². The number of halogens is 1. The van der Waals surface area contributed by atoms with Crippen LogP contribution in [0.4, 0.5) is 11.4 Å². The summed E-state index contributed by atoms with van der Waals surface area (Å²) in [6, 6.07) is 14.6. The first-order valence-corrected chi connectivity index (χ1v) is 7.21. The minimum Gasteiger partial charge on any atom is -0.481 e. The largest absolute Gasteiger partial charge is 0.481 e. The topological polar surface area (TPSA) is 64.3 Å². The Morgan fingerprint density at radius 1 is 1.25 bits per heavy atom. The van der Waals surface area contributed by atoms with Gasteiger partial charge in [-0.05, 0) is 65.9 Å². The van der Waals surface area contributed by atoms with Gasteiger partial charge in [0.2, 0.25) is 0 Å². The van der Waals surface area contributed by atoms with Gasteiger partial charge in [0.1, 0.15) is 5.75 Å². The van der Waals surface area contributed by atoms with Gasteiger partial charge in [-0.25, -0.2) is 0 Å². The number of benzene rings is 2.